The molecule has 21 heavy (non-hydrogen) atoms. The van der Waals surface area contributed by atoms with Crippen LogP contribution in [0.1, 0.15) is 66.1 Å². The van der Waals surface area contributed by atoms with Crippen molar-refractivity contribution in [3.05, 3.63) is 12.2 Å². The number of nitrogens with one attached hydrogen (secondary N) is 1. The summed E-state index contributed by atoms with van der Waals surface area (Å²) in [5, 5.41) is 8.14. The molecule has 1 aromatic heterocycles. The first-order valence-electron chi connectivity index (χ1n) is 8.41. The highest BCUT2D eigenvalue weighted by Gasteiger charge is 2.36. The second-order valence-electron chi connectivity index (χ2n) is 8.24. The number of rotatable bonds is 6. The summed E-state index contributed by atoms with van der Waals surface area (Å²) in [7, 11) is 0. The van der Waals surface area contributed by atoms with Crippen molar-refractivity contribution in [2.24, 2.45) is 11.3 Å². The first-order chi connectivity index (χ1) is 9.80. The standard InChI is InChI=1S/C17H32N4/c1-14(2)11-21-15(18-13-20-21)10-17(8-6-7-9-17)12-19-16(3,4)5/h13-14,19H,6-12H2,1-5H3. The van der Waals surface area contributed by atoms with E-state index in [0.29, 0.717) is 11.3 Å². The van der Waals surface area contributed by atoms with E-state index in [-0.39, 0.29) is 5.54 Å². The normalized spacial score (nSPS) is 18.6. The Kier molecular flexibility index (Phi) is 5.07. The molecule has 0 unspecified atom stereocenters. The molecule has 4 heteroatoms. The lowest BCUT2D eigenvalue weighted by atomic mass is 9.81. The van der Waals surface area contributed by atoms with Gasteiger partial charge in [0.2, 0.25) is 0 Å². The lowest BCUT2D eigenvalue weighted by Crippen LogP contribution is -2.44. The van der Waals surface area contributed by atoms with Crippen molar-refractivity contribution < 1.29 is 0 Å². The Balaban J connectivity index is 2.08. The van der Waals surface area contributed by atoms with Crippen LogP contribution in [-0.4, -0.2) is 26.8 Å². The fourth-order valence-electron chi connectivity index (χ4n) is 3.25. The Morgan fingerprint density at radius 2 is 1.95 bits per heavy atom. The largest absolute Gasteiger partial charge is 0.312 e. The highest BCUT2D eigenvalue weighted by atomic mass is 15.3. The highest BCUT2D eigenvalue weighted by Crippen LogP contribution is 2.40. The minimum Gasteiger partial charge on any atom is -0.312 e. The average molecular weight is 292 g/mol. The number of hydrogen-bond acceptors (Lipinski definition) is 3. The summed E-state index contributed by atoms with van der Waals surface area (Å²) in [6.07, 6.45) is 8.10. The fraction of sp³-hybridized carbons (Fsp3) is 0.882. The van der Waals surface area contributed by atoms with Crippen molar-refractivity contribution in [3.63, 3.8) is 0 Å². The Labute approximate surface area is 129 Å². The van der Waals surface area contributed by atoms with Crippen LogP contribution in [0.2, 0.25) is 0 Å². The molecule has 0 atom stereocenters. The molecule has 0 radical (unpaired) electrons. The van der Waals surface area contributed by atoms with E-state index in [2.05, 4.69) is 54.7 Å². The van der Waals surface area contributed by atoms with Crippen LogP contribution < -0.4 is 5.32 Å². The molecule has 0 bridgehead atoms. The van der Waals surface area contributed by atoms with Gasteiger partial charge in [0, 0.05) is 25.0 Å². The van der Waals surface area contributed by atoms with Crippen molar-refractivity contribution in [2.75, 3.05) is 6.54 Å². The maximum atomic E-state index is 4.55. The first-order valence-corrected chi connectivity index (χ1v) is 8.41. The number of nitrogens with zero attached hydrogens (tertiary/aromatic N) is 3. The molecule has 1 fully saturated rings. The smallest absolute Gasteiger partial charge is 0.138 e. The Morgan fingerprint density at radius 3 is 2.52 bits per heavy atom. The van der Waals surface area contributed by atoms with E-state index < -0.39 is 0 Å². The molecule has 1 N–H and O–H groups in total. The minimum atomic E-state index is 0.182. The molecular weight excluding hydrogens is 260 g/mol. The molecule has 0 spiro atoms. The van der Waals surface area contributed by atoms with E-state index in [0.717, 1.165) is 19.5 Å². The lowest BCUT2D eigenvalue weighted by molar-refractivity contribution is 0.236. The molecule has 1 aromatic rings. The average Bonchev–Trinajstić information content (AvgIpc) is 2.97. The SMILES string of the molecule is CC(C)Cn1ncnc1CC1(CNC(C)(C)C)CCCC1. The fourth-order valence-corrected chi connectivity index (χ4v) is 3.25. The van der Waals surface area contributed by atoms with Crippen LogP contribution in [0.4, 0.5) is 0 Å². The van der Waals surface area contributed by atoms with Crippen LogP contribution in [0.15, 0.2) is 6.33 Å². The monoisotopic (exact) mass is 292 g/mol. The van der Waals surface area contributed by atoms with Crippen molar-refractivity contribution in [3.8, 4) is 0 Å². The molecule has 0 saturated heterocycles. The number of aromatic nitrogens is 3. The summed E-state index contributed by atoms with van der Waals surface area (Å²) in [6.45, 7) is 13.3. The van der Waals surface area contributed by atoms with Crippen molar-refractivity contribution in [1.29, 1.82) is 0 Å². The van der Waals surface area contributed by atoms with Crippen LogP contribution in [0, 0.1) is 11.3 Å². The molecule has 0 aliphatic heterocycles. The lowest BCUT2D eigenvalue weighted by Gasteiger charge is -2.33. The van der Waals surface area contributed by atoms with Gasteiger partial charge in [0.25, 0.3) is 0 Å². The van der Waals surface area contributed by atoms with Gasteiger partial charge in [-0.2, -0.15) is 5.10 Å². The summed E-state index contributed by atoms with van der Waals surface area (Å²) < 4.78 is 2.11. The van der Waals surface area contributed by atoms with Crippen LogP contribution >= 0.6 is 0 Å². The summed E-state index contributed by atoms with van der Waals surface area (Å²) in [5.41, 5.74) is 0.552. The van der Waals surface area contributed by atoms with Crippen LogP contribution in [0.5, 0.6) is 0 Å². The summed E-state index contributed by atoms with van der Waals surface area (Å²) in [4.78, 5) is 4.55. The van der Waals surface area contributed by atoms with Gasteiger partial charge in [-0.05, 0) is 44.9 Å². The highest BCUT2D eigenvalue weighted by molar-refractivity contribution is 4.98. The van der Waals surface area contributed by atoms with Gasteiger partial charge < -0.3 is 5.32 Å². The quantitative estimate of drug-likeness (QED) is 0.873. The molecule has 0 aromatic carbocycles. The van der Waals surface area contributed by atoms with Gasteiger partial charge in [0.15, 0.2) is 0 Å². The summed E-state index contributed by atoms with van der Waals surface area (Å²) >= 11 is 0. The van der Waals surface area contributed by atoms with Crippen molar-refractivity contribution >= 4 is 0 Å². The zero-order valence-corrected chi connectivity index (χ0v) is 14.4. The zero-order valence-electron chi connectivity index (χ0n) is 14.4. The van der Waals surface area contributed by atoms with Gasteiger partial charge in [-0.3, -0.25) is 0 Å². The van der Waals surface area contributed by atoms with Gasteiger partial charge in [0.1, 0.15) is 12.2 Å². The maximum Gasteiger partial charge on any atom is 0.138 e. The van der Waals surface area contributed by atoms with E-state index in [4.69, 9.17) is 0 Å². The van der Waals surface area contributed by atoms with Crippen LogP contribution in [-0.2, 0) is 13.0 Å². The van der Waals surface area contributed by atoms with E-state index in [1.807, 2.05) is 0 Å². The van der Waals surface area contributed by atoms with Gasteiger partial charge >= 0.3 is 0 Å². The Morgan fingerprint density at radius 1 is 1.29 bits per heavy atom. The maximum absolute atomic E-state index is 4.55. The zero-order chi connectivity index (χ0) is 15.5. The number of hydrogen-bond donors (Lipinski definition) is 1. The molecule has 4 nitrogen and oxygen atoms in total. The molecular formula is C17H32N4. The van der Waals surface area contributed by atoms with Gasteiger partial charge in [-0.1, -0.05) is 26.7 Å². The van der Waals surface area contributed by atoms with E-state index in [1.54, 1.807) is 6.33 Å². The second-order valence-corrected chi connectivity index (χ2v) is 8.24. The molecule has 1 heterocycles. The third kappa shape index (κ3) is 4.80. The van der Waals surface area contributed by atoms with E-state index >= 15 is 0 Å². The molecule has 2 rings (SSSR count). The van der Waals surface area contributed by atoms with E-state index in [1.165, 1.54) is 31.5 Å². The van der Waals surface area contributed by atoms with Crippen molar-refractivity contribution in [2.45, 2.75) is 78.8 Å². The molecule has 0 amide bonds. The topological polar surface area (TPSA) is 42.7 Å². The van der Waals surface area contributed by atoms with Crippen LogP contribution in [0.3, 0.4) is 0 Å². The van der Waals surface area contributed by atoms with Gasteiger partial charge in [0.05, 0.1) is 0 Å². The Bertz CT molecular complexity index is 436. The van der Waals surface area contributed by atoms with Gasteiger partial charge in [-0.15, -0.1) is 0 Å². The summed E-state index contributed by atoms with van der Waals surface area (Å²) in [5.74, 6) is 1.78. The predicted molar refractivity (Wildman–Crippen MR) is 87.2 cm³/mol. The molecule has 1 aliphatic rings. The molecule has 1 saturated carbocycles. The predicted octanol–water partition coefficient (Wildman–Crippen LogP) is 3.43. The molecule has 120 valence electrons. The van der Waals surface area contributed by atoms with Crippen LogP contribution in [0.25, 0.3) is 0 Å². The van der Waals surface area contributed by atoms with E-state index in [9.17, 15) is 0 Å². The second kappa shape index (κ2) is 6.47. The third-order valence-corrected chi connectivity index (χ3v) is 4.42. The van der Waals surface area contributed by atoms with Crippen molar-refractivity contribution in [1.82, 2.24) is 20.1 Å². The third-order valence-electron chi connectivity index (χ3n) is 4.42. The van der Waals surface area contributed by atoms with Gasteiger partial charge in [-0.25, -0.2) is 9.67 Å². The Hall–Kier alpha value is -0.900. The summed E-state index contributed by atoms with van der Waals surface area (Å²) in [6, 6.07) is 0. The molecule has 1 aliphatic carbocycles. The first kappa shape index (κ1) is 16.5. The minimum absolute atomic E-state index is 0.182.